The van der Waals surface area contributed by atoms with Crippen LogP contribution in [0.2, 0.25) is 0 Å². The minimum atomic E-state index is 0.486. The van der Waals surface area contributed by atoms with Crippen molar-refractivity contribution in [1.29, 1.82) is 0 Å². The molecule has 0 amide bonds. The highest BCUT2D eigenvalue weighted by molar-refractivity contribution is 4.87. The first-order valence-electron chi connectivity index (χ1n) is 6.64. The summed E-state index contributed by atoms with van der Waals surface area (Å²) in [5, 5.41) is 3.72. The standard InChI is InChI=1S/C13H25NO/c1-3-6-14-13(8-11-4-5-11)12-7-10(2)15-9-12/h10-14H,3-9H2,1-2H3. The van der Waals surface area contributed by atoms with E-state index in [9.17, 15) is 0 Å². The van der Waals surface area contributed by atoms with E-state index in [4.69, 9.17) is 4.74 Å². The topological polar surface area (TPSA) is 21.3 Å². The average Bonchev–Trinajstić information content (AvgIpc) is 2.94. The van der Waals surface area contributed by atoms with Crippen molar-refractivity contribution < 1.29 is 4.74 Å². The molecule has 0 spiro atoms. The van der Waals surface area contributed by atoms with Gasteiger partial charge in [0.15, 0.2) is 0 Å². The van der Waals surface area contributed by atoms with Crippen molar-refractivity contribution in [2.75, 3.05) is 13.2 Å². The van der Waals surface area contributed by atoms with E-state index in [0.717, 1.165) is 24.5 Å². The SMILES string of the molecule is CCCNC(CC1CC1)C1COC(C)C1. The zero-order chi connectivity index (χ0) is 10.7. The van der Waals surface area contributed by atoms with Gasteiger partial charge in [-0.1, -0.05) is 19.8 Å². The normalized spacial score (nSPS) is 33.2. The molecule has 1 N–H and O–H groups in total. The predicted octanol–water partition coefficient (Wildman–Crippen LogP) is 2.58. The van der Waals surface area contributed by atoms with Crippen LogP contribution in [-0.2, 0) is 4.74 Å². The van der Waals surface area contributed by atoms with Gasteiger partial charge in [0.05, 0.1) is 12.7 Å². The third-order valence-corrected chi connectivity index (χ3v) is 3.74. The van der Waals surface area contributed by atoms with Gasteiger partial charge < -0.3 is 10.1 Å². The molecular formula is C13H25NO. The van der Waals surface area contributed by atoms with Crippen molar-refractivity contribution in [3.8, 4) is 0 Å². The molecule has 0 bridgehead atoms. The lowest BCUT2D eigenvalue weighted by Gasteiger charge is -2.23. The minimum Gasteiger partial charge on any atom is -0.378 e. The first kappa shape index (κ1) is 11.4. The third-order valence-electron chi connectivity index (χ3n) is 3.74. The molecule has 2 rings (SSSR count). The number of rotatable bonds is 6. The van der Waals surface area contributed by atoms with Crippen LogP contribution in [0, 0.1) is 11.8 Å². The van der Waals surface area contributed by atoms with Crippen molar-refractivity contribution in [3.05, 3.63) is 0 Å². The Morgan fingerprint density at radius 3 is 2.73 bits per heavy atom. The summed E-state index contributed by atoms with van der Waals surface area (Å²) in [7, 11) is 0. The quantitative estimate of drug-likeness (QED) is 0.729. The number of ether oxygens (including phenoxy) is 1. The molecule has 1 saturated carbocycles. The van der Waals surface area contributed by atoms with Gasteiger partial charge in [-0.3, -0.25) is 0 Å². The van der Waals surface area contributed by atoms with Crippen molar-refractivity contribution in [1.82, 2.24) is 5.32 Å². The molecule has 0 aromatic carbocycles. The predicted molar refractivity (Wildman–Crippen MR) is 62.9 cm³/mol. The van der Waals surface area contributed by atoms with Crippen molar-refractivity contribution in [2.45, 2.75) is 58.1 Å². The third kappa shape index (κ3) is 3.46. The molecule has 2 nitrogen and oxygen atoms in total. The molecule has 3 unspecified atom stereocenters. The maximum Gasteiger partial charge on any atom is 0.0551 e. The van der Waals surface area contributed by atoms with Crippen LogP contribution in [0.3, 0.4) is 0 Å². The highest BCUT2D eigenvalue weighted by Crippen LogP contribution is 2.36. The highest BCUT2D eigenvalue weighted by Gasteiger charge is 2.33. The Hall–Kier alpha value is -0.0800. The van der Waals surface area contributed by atoms with E-state index in [0.29, 0.717) is 6.10 Å². The van der Waals surface area contributed by atoms with Gasteiger partial charge in [0, 0.05) is 12.0 Å². The maximum absolute atomic E-state index is 5.69. The molecule has 0 radical (unpaired) electrons. The summed E-state index contributed by atoms with van der Waals surface area (Å²) in [4.78, 5) is 0. The summed E-state index contributed by atoms with van der Waals surface area (Å²) in [6, 6.07) is 0.724. The van der Waals surface area contributed by atoms with Crippen LogP contribution >= 0.6 is 0 Å². The van der Waals surface area contributed by atoms with E-state index in [1.807, 2.05) is 0 Å². The van der Waals surface area contributed by atoms with Crippen LogP contribution in [0.15, 0.2) is 0 Å². The van der Waals surface area contributed by atoms with Crippen molar-refractivity contribution in [3.63, 3.8) is 0 Å². The van der Waals surface area contributed by atoms with Crippen LogP contribution in [0.25, 0.3) is 0 Å². The number of hydrogen-bond donors (Lipinski definition) is 1. The Bertz CT molecular complexity index is 191. The number of hydrogen-bond acceptors (Lipinski definition) is 2. The van der Waals surface area contributed by atoms with Crippen LogP contribution < -0.4 is 5.32 Å². The molecule has 15 heavy (non-hydrogen) atoms. The van der Waals surface area contributed by atoms with Gasteiger partial charge in [-0.15, -0.1) is 0 Å². The summed E-state index contributed by atoms with van der Waals surface area (Å²) in [6.45, 7) is 6.60. The Kier molecular flexibility index (Phi) is 4.04. The Morgan fingerprint density at radius 2 is 2.20 bits per heavy atom. The van der Waals surface area contributed by atoms with Crippen LogP contribution in [0.1, 0.15) is 46.0 Å². The molecule has 1 aliphatic carbocycles. The Labute approximate surface area is 93.8 Å². The zero-order valence-electron chi connectivity index (χ0n) is 10.2. The second-order valence-corrected chi connectivity index (χ2v) is 5.38. The van der Waals surface area contributed by atoms with Gasteiger partial charge in [-0.25, -0.2) is 0 Å². The molecule has 0 aromatic rings. The van der Waals surface area contributed by atoms with E-state index >= 15 is 0 Å². The van der Waals surface area contributed by atoms with E-state index in [2.05, 4.69) is 19.2 Å². The average molecular weight is 211 g/mol. The molecule has 88 valence electrons. The van der Waals surface area contributed by atoms with Gasteiger partial charge in [0.1, 0.15) is 0 Å². The summed E-state index contributed by atoms with van der Waals surface area (Å²) in [6.07, 6.45) is 7.31. The smallest absolute Gasteiger partial charge is 0.0551 e. The fourth-order valence-corrected chi connectivity index (χ4v) is 2.62. The fraction of sp³-hybridized carbons (Fsp3) is 1.00. The maximum atomic E-state index is 5.69. The molecule has 2 heteroatoms. The van der Waals surface area contributed by atoms with Gasteiger partial charge in [-0.2, -0.15) is 0 Å². The van der Waals surface area contributed by atoms with Gasteiger partial charge in [-0.05, 0) is 38.6 Å². The fourth-order valence-electron chi connectivity index (χ4n) is 2.62. The molecule has 1 heterocycles. The van der Waals surface area contributed by atoms with Crippen molar-refractivity contribution in [2.24, 2.45) is 11.8 Å². The van der Waals surface area contributed by atoms with Crippen LogP contribution in [-0.4, -0.2) is 25.3 Å². The second-order valence-electron chi connectivity index (χ2n) is 5.38. The monoisotopic (exact) mass is 211 g/mol. The molecule has 1 aliphatic heterocycles. The summed E-state index contributed by atoms with van der Waals surface area (Å²) >= 11 is 0. The summed E-state index contributed by atoms with van der Waals surface area (Å²) in [5.41, 5.74) is 0. The molecular weight excluding hydrogens is 186 g/mol. The van der Waals surface area contributed by atoms with Gasteiger partial charge in [0.2, 0.25) is 0 Å². The first-order valence-corrected chi connectivity index (χ1v) is 6.64. The van der Waals surface area contributed by atoms with Gasteiger partial charge >= 0.3 is 0 Å². The minimum absolute atomic E-state index is 0.486. The lowest BCUT2D eigenvalue weighted by atomic mass is 9.92. The number of nitrogens with one attached hydrogen (secondary N) is 1. The van der Waals surface area contributed by atoms with Crippen molar-refractivity contribution >= 4 is 0 Å². The second kappa shape index (κ2) is 5.31. The summed E-state index contributed by atoms with van der Waals surface area (Å²) in [5.74, 6) is 1.79. The summed E-state index contributed by atoms with van der Waals surface area (Å²) < 4.78 is 5.69. The molecule has 0 aromatic heterocycles. The highest BCUT2D eigenvalue weighted by atomic mass is 16.5. The van der Waals surface area contributed by atoms with Crippen LogP contribution in [0.4, 0.5) is 0 Å². The molecule has 2 fully saturated rings. The molecule has 2 aliphatic rings. The van der Waals surface area contributed by atoms with Crippen LogP contribution in [0.5, 0.6) is 0 Å². The molecule has 3 atom stereocenters. The first-order chi connectivity index (χ1) is 7.29. The van der Waals surface area contributed by atoms with E-state index in [-0.39, 0.29) is 0 Å². The Balaban J connectivity index is 1.79. The lowest BCUT2D eigenvalue weighted by molar-refractivity contribution is 0.116. The Morgan fingerprint density at radius 1 is 1.40 bits per heavy atom. The lowest BCUT2D eigenvalue weighted by Crippen LogP contribution is -2.37. The van der Waals surface area contributed by atoms with E-state index in [1.165, 1.54) is 38.6 Å². The largest absolute Gasteiger partial charge is 0.378 e. The van der Waals surface area contributed by atoms with E-state index < -0.39 is 0 Å². The zero-order valence-corrected chi connectivity index (χ0v) is 10.2. The van der Waals surface area contributed by atoms with Gasteiger partial charge in [0.25, 0.3) is 0 Å². The van der Waals surface area contributed by atoms with E-state index in [1.54, 1.807) is 0 Å². The molecule has 1 saturated heterocycles.